The number of rotatable bonds is 3. The Morgan fingerprint density at radius 3 is 2.38 bits per heavy atom. The van der Waals surface area contributed by atoms with Crippen LogP contribution >= 0.6 is 27.7 Å². The highest BCUT2D eigenvalue weighted by Gasteiger charge is 2.18. The summed E-state index contributed by atoms with van der Waals surface area (Å²) in [6.07, 6.45) is 2.30. The van der Waals surface area contributed by atoms with Crippen molar-refractivity contribution < 1.29 is 13.5 Å². The van der Waals surface area contributed by atoms with Crippen LogP contribution in [0.3, 0.4) is 0 Å². The second-order valence-electron chi connectivity index (χ2n) is 3.48. The fourth-order valence-electron chi connectivity index (χ4n) is 1.30. The van der Waals surface area contributed by atoms with E-state index in [1.807, 2.05) is 6.26 Å². The Balaban J connectivity index is 3.56. The van der Waals surface area contributed by atoms with Crippen molar-refractivity contribution in [3.8, 4) is 0 Å². The number of thioether (sulfide) groups is 1. The van der Waals surface area contributed by atoms with E-state index < -0.39 is 15.9 Å². The van der Waals surface area contributed by atoms with Crippen LogP contribution in [0.25, 0.3) is 0 Å². The fraction of sp³-hybridized carbons (Fsp3) is 0.400. The zero-order valence-electron chi connectivity index (χ0n) is 9.19. The number of sulfone groups is 1. The maximum atomic E-state index is 11.6. The van der Waals surface area contributed by atoms with Gasteiger partial charge in [0, 0.05) is 15.6 Å². The molecule has 0 aliphatic heterocycles. The van der Waals surface area contributed by atoms with Crippen molar-refractivity contribution in [1.29, 1.82) is 0 Å². The fourth-order valence-corrected chi connectivity index (χ4v) is 4.41. The molecule has 1 atom stereocenters. The number of hydrogen-bond donors (Lipinski definition) is 1. The van der Waals surface area contributed by atoms with Crippen molar-refractivity contribution in [3.05, 3.63) is 22.2 Å². The van der Waals surface area contributed by atoms with Gasteiger partial charge >= 0.3 is 0 Å². The third-order valence-electron chi connectivity index (χ3n) is 2.12. The Hall–Kier alpha value is -0.0400. The van der Waals surface area contributed by atoms with Crippen molar-refractivity contribution in [1.82, 2.24) is 0 Å². The Morgan fingerprint density at radius 2 is 2.00 bits per heavy atom. The summed E-state index contributed by atoms with van der Waals surface area (Å²) >= 11 is 4.68. The van der Waals surface area contributed by atoms with E-state index in [2.05, 4.69) is 15.9 Å². The van der Waals surface area contributed by atoms with Crippen molar-refractivity contribution in [3.63, 3.8) is 0 Å². The summed E-state index contributed by atoms with van der Waals surface area (Å²) < 4.78 is 23.9. The van der Waals surface area contributed by atoms with Crippen molar-refractivity contribution in [2.24, 2.45) is 0 Å². The monoisotopic (exact) mass is 324 g/mol. The van der Waals surface area contributed by atoms with Gasteiger partial charge in [-0.05, 0) is 46.8 Å². The van der Waals surface area contributed by atoms with E-state index in [9.17, 15) is 13.5 Å². The smallest absolute Gasteiger partial charge is 0.176 e. The van der Waals surface area contributed by atoms with Crippen LogP contribution in [0.1, 0.15) is 18.6 Å². The number of aliphatic hydroxyl groups excluding tert-OH is 1. The quantitative estimate of drug-likeness (QED) is 0.868. The molecule has 0 saturated carbocycles. The Morgan fingerprint density at radius 1 is 1.44 bits per heavy atom. The number of halogens is 1. The summed E-state index contributed by atoms with van der Waals surface area (Å²) in [6, 6.07) is 3.27. The van der Waals surface area contributed by atoms with Gasteiger partial charge < -0.3 is 5.11 Å². The van der Waals surface area contributed by atoms with E-state index in [-0.39, 0.29) is 4.90 Å². The summed E-state index contributed by atoms with van der Waals surface area (Å²) in [5.41, 5.74) is 0.588. The lowest BCUT2D eigenvalue weighted by molar-refractivity contribution is 0.199. The molecule has 0 radical (unpaired) electrons. The van der Waals surface area contributed by atoms with Crippen LogP contribution in [0.2, 0.25) is 0 Å². The SMILES string of the molecule is CSc1c(Br)cc(C(C)O)cc1S(C)(=O)=O. The molecule has 1 aromatic rings. The minimum Gasteiger partial charge on any atom is -0.389 e. The molecule has 1 unspecified atom stereocenters. The second-order valence-corrected chi connectivity index (χ2v) is 7.14. The average Bonchev–Trinajstić information content (AvgIpc) is 2.14. The lowest BCUT2D eigenvalue weighted by atomic mass is 10.1. The van der Waals surface area contributed by atoms with Gasteiger partial charge in [0.25, 0.3) is 0 Å². The van der Waals surface area contributed by atoms with Crippen molar-refractivity contribution in [2.45, 2.75) is 22.8 Å². The van der Waals surface area contributed by atoms with Crippen LogP contribution in [-0.2, 0) is 9.84 Å². The topological polar surface area (TPSA) is 54.4 Å². The molecule has 6 heteroatoms. The van der Waals surface area contributed by atoms with Crippen LogP contribution in [-0.4, -0.2) is 26.0 Å². The summed E-state index contributed by atoms with van der Waals surface area (Å²) in [7, 11) is -3.29. The van der Waals surface area contributed by atoms with Gasteiger partial charge in [0.05, 0.1) is 11.0 Å². The Kier molecular flexibility index (Phi) is 4.45. The van der Waals surface area contributed by atoms with Crippen LogP contribution in [0.15, 0.2) is 26.4 Å². The van der Waals surface area contributed by atoms with Gasteiger partial charge in [-0.15, -0.1) is 11.8 Å². The van der Waals surface area contributed by atoms with Gasteiger partial charge in [-0.25, -0.2) is 8.42 Å². The largest absolute Gasteiger partial charge is 0.389 e. The van der Waals surface area contributed by atoms with Gasteiger partial charge in [0.2, 0.25) is 0 Å². The summed E-state index contributed by atoms with van der Waals surface area (Å²) in [5, 5.41) is 9.48. The Bertz CT molecular complexity index is 495. The molecule has 0 fully saturated rings. The first-order valence-electron chi connectivity index (χ1n) is 4.53. The molecule has 1 N–H and O–H groups in total. The second kappa shape index (κ2) is 5.08. The van der Waals surface area contributed by atoms with E-state index in [1.165, 1.54) is 24.1 Å². The van der Waals surface area contributed by atoms with Gasteiger partial charge in [0.1, 0.15) is 0 Å². The molecule has 0 amide bonds. The van der Waals surface area contributed by atoms with Crippen LogP contribution in [0, 0.1) is 0 Å². The van der Waals surface area contributed by atoms with Gasteiger partial charge in [-0.3, -0.25) is 0 Å². The van der Waals surface area contributed by atoms with E-state index >= 15 is 0 Å². The molecular formula is C10H13BrO3S2. The van der Waals surface area contributed by atoms with E-state index in [4.69, 9.17) is 0 Å². The number of hydrogen-bond acceptors (Lipinski definition) is 4. The van der Waals surface area contributed by atoms with Crippen LogP contribution in [0.5, 0.6) is 0 Å². The molecule has 0 aliphatic rings. The highest BCUT2D eigenvalue weighted by molar-refractivity contribution is 9.10. The summed E-state index contributed by atoms with van der Waals surface area (Å²) in [6.45, 7) is 1.60. The zero-order chi connectivity index (χ0) is 12.5. The van der Waals surface area contributed by atoms with Crippen molar-refractivity contribution >= 4 is 37.5 Å². The third kappa shape index (κ3) is 3.00. The van der Waals surface area contributed by atoms with Crippen molar-refractivity contribution in [2.75, 3.05) is 12.5 Å². The molecule has 16 heavy (non-hydrogen) atoms. The number of aliphatic hydroxyl groups is 1. The first kappa shape index (κ1) is 14.0. The van der Waals surface area contributed by atoms with Gasteiger partial charge in [-0.2, -0.15) is 0 Å². The minimum absolute atomic E-state index is 0.255. The maximum Gasteiger partial charge on any atom is 0.176 e. The highest BCUT2D eigenvalue weighted by Crippen LogP contribution is 2.35. The zero-order valence-corrected chi connectivity index (χ0v) is 12.4. The maximum absolute atomic E-state index is 11.6. The average molecular weight is 325 g/mol. The molecular weight excluding hydrogens is 312 g/mol. The first-order valence-corrected chi connectivity index (χ1v) is 8.44. The number of benzene rings is 1. The predicted octanol–water partition coefficient (Wildman–Crippen LogP) is 2.63. The van der Waals surface area contributed by atoms with E-state index in [0.717, 1.165) is 0 Å². The molecule has 0 spiro atoms. The summed E-state index contributed by atoms with van der Waals surface area (Å²) in [5.74, 6) is 0. The molecule has 90 valence electrons. The predicted molar refractivity (Wildman–Crippen MR) is 69.7 cm³/mol. The molecule has 3 nitrogen and oxygen atoms in total. The molecule has 0 bridgehead atoms. The molecule has 1 aromatic carbocycles. The van der Waals surface area contributed by atoms with Gasteiger partial charge in [0.15, 0.2) is 9.84 Å². The lowest BCUT2D eigenvalue weighted by Gasteiger charge is -2.12. The first-order chi connectivity index (χ1) is 7.27. The molecule has 0 saturated heterocycles. The highest BCUT2D eigenvalue weighted by atomic mass is 79.9. The molecule has 0 heterocycles. The van der Waals surface area contributed by atoms with E-state index in [1.54, 1.807) is 13.0 Å². The standard InChI is InChI=1S/C10H13BrO3S2/c1-6(12)7-4-8(11)10(15-2)9(5-7)16(3,13)14/h4-6,12H,1-3H3. The molecule has 0 aliphatic carbocycles. The normalized spacial score (nSPS) is 13.8. The van der Waals surface area contributed by atoms with E-state index in [0.29, 0.717) is 14.9 Å². The molecule has 0 aromatic heterocycles. The summed E-state index contributed by atoms with van der Waals surface area (Å²) in [4.78, 5) is 0.928. The van der Waals surface area contributed by atoms with Gasteiger partial charge in [-0.1, -0.05) is 0 Å². The lowest BCUT2D eigenvalue weighted by Crippen LogP contribution is -2.03. The molecule has 1 rings (SSSR count). The third-order valence-corrected chi connectivity index (χ3v) is 5.10. The Labute approximate surface area is 108 Å². The van der Waals surface area contributed by atoms with Crippen LogP contribution in [0.4, 0.5) is 0 Å². The minimum atomic E-state index is -3.29. The van der Waals surface area contributed by atoms with Crippen LogP contribution < -0.4 is 0 Å².